The first-order valence-corrected chi connectivity index (χ1v) is 6.93. The molecule has 1 aliphatic rings. The third-order valence-corrected chi connectivity index (χ3v) is 3.61. The van der Waals surface area contributed by atoms with Gasteiger partial charge in [0.15, 0.2) is 0 Å². The lowest BCUT2D eigenvalue weighted by Gasteiger charge is -2.27. The number of ether oxygens (including phenoxy) is 1. The van der Waals surface area contributed by atoms with Crippen LogP contribution in [0.1, 0.15) is 18.2 Å². The lowest BCUT2D eigenvalue weighted by atomic mass is 10.1. The fraction of sp³-hybridized carbons (Fsp3) is 0.438. The summed E-state index contributed by atoms with van der Waals surface area (Å²) >= 11 is 0. The number of rotatable bonds is 5. The molecule has 0 radical (unpaired) electrons. The predicted molar refractivity (Wildman–Crippen MR) is 82.3 cm³/mol. The molecule has 0 amide bonds. The monoisotopic (exact) mass is 273 g/mol. The highest BCUT2D eigenvalue weighted by molar-refractivity contribution is 5.74. The molecule has 0 aliphatic carbocycles. The molecular formula is C16H23N3O. The van der Waals surface area contributed by atoms with E-state index in [2.05, 4.69) is 23.2 Å². The minimum Gasteiger partial charge on any atom is -0.379 e. The second-order valence-corrected chi connectivity index (χ2v) is 5.13. The van der Waals surface area contributed by atoms with Crippen molar-refractivity contribution in [3.63, 3.8) is 0 Å². The van der Waals surface area contributed by atoms with E-state index in [-0.39, 0.29) is 0 Å². The van der Waals surface area contributed by atoms with E-state index < -0.39 is 0 Å². The Morgan fingerprint density at radius 3 is 2.80 bits per heavy atom. The van der Waals surface area contributed by atoms with Crippen molar-refractivity contribution in [1.29, 1.82) is 0 Å². The van der Waals surface area contributed by atoms with Gasteiger partial charge in [-0.05, 0) is 12.5 Å². The molecule has 0 spiro atoms. The molecule has 1 aliphatic heterocycles. The first kappa shape index (κ1) is 14.8. The summed E-state index contributed by atoms with van der Waals surface area (Å²) in [6, 6.07) is 0. The third kappa shape index (κ3) is 3.46. The molecule has 4 nitrogen and oxygen atoms in total. The van der Waals surface area contributed by atoms with Crippen molar-refractivity contribution in [1.82, 2.24) is 14.7 Å². The zero-order valence-corrected chi connectivity index (χ0v) is 12.4. The molecule has 0 saturated carbocycles. The topological polar surface area (TPSA) is 30.3 Å². The lowest BCUT2D eigenvalue weighted by Crippen LogP contribution is -2.36. The van der Waals surface area contributed by atoms with E-state index in [1.165, 1.54) is 5.69 Å². The highest BCUT2D eigenvalue weighted by atomic mass is 16.5. The van der Waals surface area contributed by atoms with Gasteiger partial charge in [0.1, 0.15) is 0 Å². The summed E-state index contributed by atoms with van der Waals surface area (Å²) in [6.07, 6.45) is 5.78. The van der Waals surface area contributed by atoms with Crippen LogP contribution in [0.4, 0.5) is 0 Å². The van der Waals surface area contributed by atoms with Gasteiger partial charge in [0, 0.05) is 32.2 Å². The van der Waals surface area contributed by atoms with Crippen LogP contribution in [0.15, 0.2) is 37.1 Å². The Morgan fingerprint density at radius 1 is 1.45 bits per heavy atom. The summed E-state index contributed by atoms with van der Waals surface area (Å²) in [5.41, 5.74) is 4.40. The maximum Gasteiger partial charge on any atom is 0.0599 e. The summed E-state index contributed by atoms with van der Waals surface area (Å²) in [5.74, 6) is 0. The number of nitrogens with zero attached hydrogens (tertiary/aromatic N) is 3. The van der Waals surface area contributed by atoms with Crippen molar-refractivity contribution < 1.29 is 4.74 Å². The summed E-state index contributed by atoms with van der Waals surface area (Å²) in [4.78, 5) is 2.39. The van der Waals surface area contributed by atoms with E-state index >= 15 is 0 Å². The van der Waals surface area contributed by atoms with Crippen LogP contribution in [0.2, 0.25) is 0 Å². The molecule has 2 rings (SSSR count). The highest BCUT2D eigenvalue weighted by Gasteiger charge is 2.16. The van der Waals surface area contributed by atoms with Gasteiger partial charge in [0.05, 0.1) is 25.1 Å². The molecule has 4 heteroatoms. The lowest BCUT2D eigenvalue weighted by molar-refractivity contribution is 0.0331. The Labute approximate surface area is 121 Å². The van der Waals surface area contributed by atoms with Crippen LogP contribution >= 0.6 is 0 Å². The van der Waals surface area contributed by atoms with Crippen LogP contribution in [0.25, 0.3) is 5.57 Å². The van der Waals surface area contributed by atoms with E-state index in [1.807, 2.05) is 37.0 Å². The number of morpholine rings is 1. The average Bonchev–Trinajstić information content (AvgIpc) is 2.81. The standard InChI is InChI=1S/C16H23N3O/c1-5-13(2)10-14(3)15-11-17-18(4)16(15)12-19-6-8-20-9-7-19/h5,10-11H,1,3,6-9,12H2,2,4H3/b13-10+. The van der Waals surface area contributed by atoms with E-state index in [4.69, 9.17) is 4.74 Å². The molecule has 1 fully saturated rings. The molecule has 1 aromatic heterocycles. The van der Waals surface area contributed by atoms with Gasteiger partial charge in [0.25, 0.3) is 0 Å². The number of aryl methyl sites for hydroxylation is 1. The minimum absolute atomic E-state index is 0.809. The maximum atomic E-state index is 5.39. The normalized spacial score (nSPS) is 17.2. The van der Waals surface area contributed by atoms with Gasteiger partial charge >= 0.3 is 0 Å². The Hall–Kier alpha value is -1.65. The molecule has 1 saturated heterocycles. The molecule has 0 N–H and O–H groups in total. The van der Waals surface area contributed by atoms with E-state index in [0.29, 0.717) is 0 Å². The van der Waals surface area contributed by atoms with Crippen LogP contribution in [-0.2, 0) is 18.3 Å². The van der Waals surface area contributed by atoms with E-state index in [0.717, 1.165) is 49.6 Å². The maximum absolute atomic E-state index is 5.39. The Morgan fingerprint density at radius 2 is 2.15 bits per heavy atom. The average molecular weight is 273 g/mol. The summed E-state index contributed by atoms with van der Waals surface area (Å²) in [6.45, 7) is 14.4. The van der Waals surface area contributed by atoms with Gasteiger partial charge in [-0.1, -0.05) is 30.9 Å². The SMILES string of the molecule is C=C/C(C)=C/C(=C)c1cnn(C)c1CN1CCOCC1. The van der Waals surface area contributed by atoms with Crippen molar-refractivity contribution in [3.05, 3.63) is 48.3 Å². The largest absolute Gasteiger partial charge is 0.379 e. The second-order valence-electron chi connectivity index (χ2n) is 5.13. The number of allylic oxidation sites excluding steroid dienone is 4. The van der Waals surface area contributed by atoms with Crippen molar-refractivity contribution in [2.75, 3.05) is 26.3 Å². The van der Waals surface area contributed by atoms with Gasteiger partial charge in [-0.15, -0.1) is 0 Å². The highest BCUT2D eigenvalue weighted by Crippen LogP contribution is 2.21. The van der Waals surface area contributed by atoms with Crippen molar-refractivity contribution in [2.45, 2.75) is 13.5 Å². The van der Waals surface area contributed by atoms with Gasteiger partial charge < -0.3 is 4.74 Å². The quantitative estimate of drug-likeness (QED) is 0.772. The van der Waals surface area contributed by atoms with Crippen LogP contribution in [-0.4, -0.2) is 41.0 Å². The first-order chi connectivity index (χ1) is 9.61. The number of hydrogen-bond acceptors (Lipinski definition) is 3. The Kier molecular flexibility index (Phi) is 4.93. The van der Waals surface area contributed by atoms with Crippen LogP contribution < -0.4 is 0 Å². The molecule has 108 valence electrons. The zero-order valence-electron chi connectivity index (χ0n) is 12.4. The van der Waals surface area contributed by atoms with Crippen molar-refractivity contribution >= 4 is 5.57 Å². The predicted octanol–water partition coefficient (Wildman–Crippen LogP) is 2.40. The van der Waals surface area contributed by atoms with Crippen molar-refractivity contribution in [3.8, 4) is 0 Å². The van der Waals surface area contributed by atoms with E-state index in [1.54, 1.807) is 0 Å². The number of aromatic nitrogens is 2. The van der Waals surface area contributed by atoms with E-state index in [9.17, 15) is 0 Å². The Bertz CT molecular complexity index is 522. The van der Waals surface area contributed by atoms with Gasteiger partial charge in [0.2, 0.25) is 0 Å². The molecule has 0 atom stereocenters. The fourth-order valence-electron chi connectivity index (χ4n) is 2.30. The molecule has 1 aromatic rings. The first-order valence-electron chi connectivity index (χ1n) is 6.93. The van der Waals surface area contributed by atoms with Crippen molar-refractivity contribution in [2.24, 2.45) is 7.05 Å². The molecule has 2 heterocycles. The smallest absolute Gasteiger partial charge is 0.0599 e. The molecule has 0 aromatic carbocycles. The molecule has 0 unspecified atom stereocenters. The third-order valence-electron chi connectivity index (χ3n) is 3.61. The summed E-state index contributed by atoms with van der Waals surface area (Å²) in [7, 11) is 1.98. The molecule has 20 heavy (non-hydrogen) atoms. The Balaban J connectivity index is 2.18. The van der Waals surface area contributed by atoms with Gasteiger partial charge in [-0.25, -0.2) is 0 Å². The summed E-state index contributed by atoms with van der Waals surface area (Å²) in [5, 5.41) is 4.38. The zero-order chi connectivity index (χ0) is 14.5. The van der Waals surface area contributed by atoms with Gasteiger partial charge in [-0.2, -0.15) is 5.10 Å². The fourth-order valence-corrected chi connectivity index (χ4v) is 2.30. The minimum atomic E-state index is 0.809. The van der Waals surface area contributed by atoms with Gasteiger partial charge in [-0.3, -0.25) is 9.58 Å². The van der Waals surface area contributed by atoms with Crippen LogP contribution in [0.5, 0.6) is 0 Å². The molecular weight excluding hydrogens is 250 g/mol. The second kappa shape index (κ2) is 6.68. The summed E-state index contributed by atoms with van der Waals surface area (Å²) < 4.78 is 7.33. The number of hydrogen-bond donors (Lipinski definition) is 0. The van der Waals surface area contributed by atoms with Crippen LogP contribution in [0, 0.1) is 0 Å². The van der Waals surface area contributed by atoms with Crippen LogP contribution in [0.3, 0.4) is 0 Å². The molecule has 0 bridgehead atoms.